The van der Waals surface area contributed by atoms with Crippen molar-refractivity contribution >= 4 is 22.8 Å². The van der Waals surface area contributed by atoms with Gasteiger partial charge in [0.1, 0.15) is 5.82 Å². The maximum Gasteiger partial charge on any atom is 0.251 e. The molecule has 2 aromatic carbocycles. The van der Waals surface area contributed by atoms with Crippen LogP contribution in [0.2, 0.25) is 0 Å². The van der Waals surface area contributed by atoms with Gasteiger partial charge in [-0.25, -0.2) is 4.98 Å². The second kappa shape index (κ2) is 5.81. The van der Waals surface area contributed by atoms with Gasteiger partial charge in [-0.05, 0) is 29.8 Å². The number of benzene rings is 2. The van der Waals surface area contributed by atoms with Gasteiger partial charge in [0, 0.05) is 30.6 Å². The summed E-state index contributed by atoms with van der Waals surface area (Å²) in [6.45, 7) is 1.00. The third kappa shape index (κ3) is 2.62. The predicted octanol–water partition coefficient (Wildman–Crippen LogP) is 1.78. The van der Waals surface area contributed by atoms with Gasteiger partial charge >= 0.3 is 0 Å². The van der Waals surface area contributed by atoms with E-state index < -0.39 is 0 Å². The zero-order chi connectivity index (χ0) is 16.5. The third-order valence-electron chi connectivity index (χ3n) is 4.14. The number of hydrogen-bond donors (Lipinski definition) is 3. The summed E-state index contributed by atoms with van der Waals surface area (Å²) in [5.74, 6) is 0.528. The molecule has 0 aliphatic carbocycles. The fourth-order valence-corrected chi connectivity index (χ4v) is 2.87. The van der Waals surface area contributed by atoms with E-state index in [1.807, 2.05) is 30.3 Å². The van der Waals surface area contributed by atoms with E-state index in [2.05, 4.69) is 20.6 Å². The van der Waals surface area contributed by atoms with Crippen molar-refractivity contribution in [3.63, 3.8) is 0 Å². The van der Waals surface area contributed by atoms with Gasteiger partial charge in [-0.3, -0.25) is 9.59 Å². The molecule has 0 saturated carbocycles. The third-order valence-corrected chi connectivity index (χ3v) is 4.14. The number of para-hydroxylation sites is 2. The summed E-state index contributed by atoms with van der Waals surface area (Å²) < 4.78 is 0. The fourth-order valence-electron chi connectivity index (χ4n) is 2.87. The Kier molecular flexibility index (Phi) is 3.49. The number of hydrogen-bond acceptors (Lipinski definition) is 3. The van der Waals surface area contributed by atoms with Crippen LogP contribution >= 0.6 is 0 Å². The Balaban J connectivity index is 1.40. The standard InChI is InChI=1S/C18H16N4O2/c23-17(11-5-6-12-10-20-18(24)13(12)9-11)19-8-7-16-21-14-3-1-2-4-15(14)22-16/h1-6,9H,7-8,10H2,(H,19,23)(H,20,24)(H,21,22). The lowest BCUT2D eigenvalue weighted by molar-refractivity contribution is 0.0953. The first kappa shape index (κ1) is 14.4. The van der Waals surface area contributed by atoms with Crippen LogP contribution in [0.15, 0.2) is 42.5 Å². The average Bonchev–Trinajstić information content (AvgIpc) is 3.18. The Hall–Kier alpha value is -3.15. The highest BCUT2D eigenvalue weighted by Gasteiger charge is 2.20. The summed E-state index contributed by atoms with van der Waals surface area (Å²) in [5, 5.41) is 5.61. The molecule has 0 radical (unpaired) electrons. The number of H-pyrrole nitrogens is 1. The van der Waals surface area contributed by atoms with Gasteiger partial charge in [0.2, 0.25) is 0 Å². The molecule has 0 spiro atoms. The molecule has 0 fully saturated rings. The van der Waals surface area contributed by atoms with Crippen LogP contribution in [-0.4, -0.2) is 28.3 Å². The van der Waals surface area contributed by atoms with E-state index >= 15 is 0 Å². The van der Waals surface area contributed by atoms with E-state index in [0.29, 0.717) is 30.6 Å². The largest absolute Gasteiger partial charge is 0.352 e. The van der Waals surface area contributed by atoms with Crippen molar-refractivity contribution in [3.8, 4) is 0 Å². The first-order valence-electron chi connectivity index (χ1n) is 7.84. The summed E-state index contributed by atoms with van der Waals surface area (Å²) in [7, 11) is 0. The lowest BCUT2D eigenvalue weighted by atomic mass is 10.1. The van der Waals surface area contributed by atoms with Gasteiger partial charge in [-0.15, -0.1) is 0 Å². The molecular weight excluding hydrogens is 304 g/mol. The minimum atomic E-state index is -0.186. The van der Waals surface area contributed by atoms with Crippen LogP contribution in [0.4, 0.5) is 0 Å². The molecule has 24 heavy (non-hydrogen) atoms. The number of nitrogens with one attached hydrogen (secondary N) is 3. The summed E-state index contributed by atoms with van der Waals surface area (Å²) in [4.78, 5) is 31.6. The summed E-state index contributed by atoms with van der Waals surface area (Å²) >= 11 is 0. The molecule has 1 aliphatic heterocycles. The molecule has 0 atom stereocenters. The van der Waals surface area contributed by atoms with Gasteiger partial charge < -0.3 is 15.6 Å². The van der Waals surface area contributed by atoms with Crippen LogP contribution in [0.25, 0.3) is 11.0 Å². The molecular formula is C18H16N4O2. The molecule has 0 bridgehead atoms. The lowest BCUT2D eigenvalue weighted by Crippen LogP contribution is -2.26. The van der Waals surface area contributed by atoms with E-state index in [0.717, 1.165) is 22.4 Å². The van der Waals surface area contributed by atoms with E-state index in [1.54, 1.807) is 12.1 Å². The van der Waals surface area contributed by atoms with Crippen LogP contribution in [0.3, 0.4) is 0 Å². The van der Waals surface area contributed by atoms with Crippen LogP contribution in [0.1, 0.15) is 32.1 Å². The van der Waals surface area contributed by atoms with Crippen LogP contribution in [0.5, 0.6) is 0 Å². The smallest absolute Gasteiger partial charge is 0.251 e. The Labute approximate surface area is 138 Å². The van der Waals surface area contributed by atoms with Crippen molar-refractivity contribution in [1.82, 2.24) is 20.6 Å². The Morgan fingerprint density at radius 3 is 2.96 bits per heavy atom. The topological polar surface area (TPSA) is 86.9 Å². The van der Waals surface area contributed by atoms with Crippen molar-refractivity contribution in [2.45, 2.75) is 13.0 Å². The first-order chi connectivity index (χ1) is 11.7. The highest BCUT2D eigenvalue weighted by molar-refractivity contribution is 6.02. The van der Waals surface area contributed by atoms with Crippen molar-refractivity contribution in [2.75, 3.05) is 6.54 Å². The number of nitrogens with zero attached hydrogens (tertiary/aromatic N) is 1. The van der Waals surface area contributed by atoms with Gasteiger partial charge in [-0.1, -0.05) is 18.2 Å². The maximum absolute atomic E-state index is 12.2. The monoisotopic (exact) mass is 320 g/mol. The predicted molar refractivity (Wildman–Crippen MR) is 89.7 cm³/mol. The molecule has 4 rings (SSSR count). The maximum atomic E-state index is 12.2. The van der Waals surface area contributed by atoms with Gasteiger partial charge in [0.05, 0.1) is 11.0 Å². The SMILES string of the molecule is O=C(NCCc1nc2ccccc2[nH]1)c1ccc2c(c1)C(=O)NC2. The number of aromatic amines is 1. The Bertz CT molecular complexity index is 912. The number of fused-ring (bicyclic) bond motifs is 2. The van der Waals surface area contributed by atoms with E-state index in [9.17, 15) is 9.59 Å². The molecule has 1 aliphatic rings. The van der Waals surface area contributed by atoms with Crippen LogP contribution < -0.4 is 10.6 Å². The second-order valence-corrected chi connectivity index (χ2v) is 5.76. The number of aromatic nitrogens is 2. The van der Waals surface area contributed by atoms with E-state index in [-0.39, 0.29) is 11.8 Å². The molecule has 3 aromatic rings. The molecule has 6 nitrogen and oxygen atoms in total. The zero-order valence-electron chi connectivity index (χ0n) is 12.9. The van der Waals surface area contributed by atoms with Crippen LogP contribution in [0, 0.1) is 0 Å². The number of carbonyl (C=O) groups excluding carboxylic acids is 2. The Morgan fingerprint density at radius 2 is 2.08 bits per heavy atom. The minimum absolute atomic E-state index is 0.123. The summed E-state index contributed by atoms with van der Waals surface area (Å²) in [5.41, 5.74) is 3.92. The van der Waals surface area contributed by atoms with Crippen molar-refractivity contribution in [2.24, 2.45) is 0 Å². The van der Waals surface area contributed by atoms with Gasteiger partial charge in [0.15, 0.2) is 0 Å². The molecule has 120 valence electrons. The highest BCUT2D eigenvalue weighted by Crippen LogP contribution is 2.17. The van der Waals surface area contributed by atoms with Crippen molar-refractivity contribution < 1.29 is 9.59 Å². The number of rotatable bonds is 4. The van der Waals surface area contributed by atoms with Gasteiger partial charge in [-0.2, -0.15) is 0 Å². The average molecular weight is 320 g/mol. The number of imidazole rings is 1. The number of amides is 2. The Morgan fingerprint density at radius 1 is 1.21 bits per heavy atom. The van der Waals surface area contributed by atoms with Crippen molar-refractivity contribution in [1.29, 1.82) is 0 Å². The lowest BCUT2D eigenvalue weighted by Gasteiger charge is -2.05. The highest BCUT2D eigenvalue weighted by atomic mass is 16.2. The minimum Gasteiger partial charge on any atom is -0.352 e. The molecule has 6 heteroatoms. The molecule has 2 heterocycles. The molecule has 2 amide bonds. The molecule has 1 aromatic heterocycles. The van der Waals surface area contributed by atoms with E-state index in [4.69, 9.17) is 0 Å². The quantitative estimate of drug-likeness (QED) is 0.685. The zero-order valence-corrected chi connectivity index (χ0v) is 12.9. The summed E-state index contributed by atoms with van der Waals surface area (Å²) in [6.07, 6.45) is 0.617. The molecule has 0 unspecified atom stereocenters. The van der Waals surface area contributed by atoms with Gasteiger partial charge in [0.25, 0.3) is 11.8 Å². The molecule has 0 saturated heterocycles. The number of carbonyl (C=O) groups is 2. The first-order valence-corrected chi connectivity index (χ1v) is 7.84. The van der Waals surface area contributed by atoms with E-state index in [1.165, 1.54) is 0 Å². The second-order valence-electron chi connectivity index (χ2n) is 5.76. The summed E-state index contributed by atoms with van der Waals surface area (Å²) in [6, 6.07) is 13.0. The normalized spacial score (nSPS) is 12.9. The molecule has 3 N–H and O–H groups in total. The van der Waals surface area contributed by atoms with Crippen LogP contribution in [-0.2, 0) is 13.0 Å². The van der Waals surface area contributed by atoms with Crippen molar-refractivity contribution in [3.05, 3.63) is 65.0 Å². The fraction of sp³-hybridized carbons (Fsp3) is 0.167.